The highest BCUT2D eigenvalue weighted by atomic mass is 19.1. The lowest BCUT2D eigenvalue weighted by atomic mass is 10.1. The van der Waals surface area contributed by atoms with E-state index in [1.807, 2.05) is 6.07 Å². The van der Waals surface area contributed by atoms with Crippen LogP contribution in [-0.4, -0.2) is 37.7 Å². The van der Waals surface area contributed by atoms with Crippen LogP contribution in [0.5, 0.6) is 0 Å². The van der Waals surface area contributed by atoms with E-state index in [0.29, 0.717) is 18.7 Å². The lowest BCUT2D eigenvalue weighted by Crippen LogP contribution is -2.40. The molecule has 0 heterocycles. The molecule has 0 saturated carbocycles. The van der Waals surface area contributed by atoms with Gasteiger partial charge < -0.3 is 10.5 Å². The van der Waals surface area contributed by atoms with Gasteiger partial charge in [0, 0.05) is 31.3 Å². The molecule has 18 heavy (non-hydrogen) atoms. The summed E-state index contributed by atoms with van der Waals surface area (Å²) in [7, 11) is 1.68. The van der Waals surface area contributed by atoms with Crippen LogP contribution in [0.2, 0.25) is 0 Å². The Morgan fingerprint density at radius 1 is 1.39 bits per heavy atom. The molecule has 2 unspecified atom stereocenters. The maximum absolute atomic E-state index is 13.6. The first kappa shape index (κ1) is 15.1. The van der Waals surface area contributed by atoms with Gasteiger partial charge in [-0.1, -0.05) is 25.1 Å². The molecule has 0 fully saturated rings. The number of likely N-dealkylation sites (N-methyl/N-ethyl adjacent to an activating group) is 1. The zero-order chi connectivity index (χ0) is 13.5. The molecular formula is C14H23FN2O. The molecule has 0 bridgehead atoms. The SMILES string of the molecule is CCN(CC(N)c1ccccc1F)C(C)COC. The molecule has 2 N–H and O–H groups in total. The third-order valence-electron chi connectivity index (χ3n) is 3.17. The van der Waals surface area contributed by atoms with Gasteiger partial charge in [0.1, 0.15) is 5.82 Å². The van der Waals surface area contributed by atoms with Gasteiger partial charge in [0.2, 0.25) is 0 Å². The van der Waals surface area contributed by atoms with Crippen LogP contribution in [0.4, 0.5) is 4.39 Å². The molecule has 0 aliphatic rings. The van der Waals surface area contributed by atoms with Crippen LogP contribution in [-0.2, 0) is 4.74 Å². The van der Waals surface area contributed by atoms with Crippen LogP contribution < -0.4 is 5.73 Å². The van der Waals surface area contributed by atoms with Gasteiger partial charge in [0.05, 0.1) is 6.61 Å². The van der Waals surface area contributed by atoms with Gasteiger partial charge in [0.15, 0.2) is 0 Å². The second kappa shape index (κ2) is 7.46. The molecule has 0 radical (unpaired) electrons. The standard InChI is InChI=1S/C14H23FN2O/c1-4-17(11(2)10-18-3)9-14(16)12-7-5-6-8-13(12)15/h5-8,11,14H,4,9-10,16H2,1-3H3. The van der Waals surface area contributed by atoms with Gasteiger partial charge in [-0.2, -0.15) is 0 Å². The first-order chi connectivity index (χ1) is 8.60. The van der Waals surface area contributed by atoms with Gasteiger partial charge in [-0.15, -0.1) is 0 Å². The highest BCUT2D eigenvalue weighted by Gasteiger charge is 2.18. The Bertz CT molecular complexity index is 359. The highest BCUT2D eigenvalue weighted by molar-refractivity contribution is 5.21. The molecule has 1 aromatic carbocycles. The molecule has 0 spiro atoms. The lowest BCUT2D eigenvalue weighted by molar-refractivity contribution is 0.0984. The van der Waals surface area contributed by atoms with Crippen LogP contribution >= 0.6 is 0 Å². The summed E-state index contributed by atoms with van der Waals surface area (Å²) in [6.45, 7) is 6.30. The van der Waals surface area contributed by atoms with E-state index in [1.54, 1.807) is 19.2 Å². The number of nitrogens with zero attached hydrogens (tertiary/aromatic N) is 1. The lowest BCUT2D eigenvalue weighted by Gasteiger charge is -2.30. The molecule has 3 nitrogen and oxygen atoms in total. The Hall–Kier alpha value is -0.970. The van der Waals surface area contributed by atoms with E-state index in [2.05, 4.69) is 18.7 Å². The van der Waals surface area contributed by atoms with Gasteiger partial charge in [-0.05, 0) is 19.5 Å². The molecule has 2 atom stereocenters. The van der Waals surface area contributed by atoms with Crippen molar-refractivity contribution < 1.29 is 9.13 Å². The van der Waals surface area contributed by atoms with Gasteiger partial charge in [0.25, 0.3) is 0 Å². The summed E-state index contributed by atoms with van der Waals surface area (Å²) >= 11 is 0. The molecule has 0 aliphatic carbocycles. The predicted octanol–water partition coefficient (Wildman–Crippen LogP) is 2.18. The van der Waals surface area contributed by atoms with Crippen molar-refractivity contribution in [3.8, 4) is 0 Å². The van der Waals surface area contributed by atoms with E-state index in [9.17, 15) is 4.39 Å². The summed E-state index contributed by atoms with van der Waals surface area (Å²) in [5.74, 6) is -0.236. The van der Waals surface area contributed by atoms with Crippen LogP contribution in [0.15, 0.2) is 24.3 Å². The molecule has 0 aromatic heterocycles. The van der Waals surface area contributed by atoms with Gasteiger partial charge >= 0.3 is 0 Å². The monoisotopic (exact) mass is 254 g/mol. The van der Waals surface area contributed by atoms with E-state index in [-0.39, 0.29) is 17.9 Å². The third kappa shape index (κ3) is 4.05. The third-order valence-corrected chi connectivity index (χ3v) is 3.17. The molecule has 0 aliphatic heterocycles. The van der Waals surface area contributed by atoms with E-state index in [4.69, 9.17) is 10.5 Å². The average molecular weight is 254 g/mol. The Morgan fingerprint density at radius 2 is 2.06 bits per heavy atom. The maximum Gasteiger partial charge on any atom is 0.128 e. The van der Waals surface area contributed by atoms with Crippen molar-refractivity contribution in [2.45, 2.75) is 25.9 Å². The number of nitrogens with two attached hydrogens (primary N) is 1. The quantitative estimate of drug-likeness (QED) is 0.810. The van der Waals surface area contributed by atoms with E-state index in [1.165, 1.54) is 6.07 Å². The fraction of sp³-hybridized carbons (Fsp3) is 0.571. The summed E-state index contributed by atoms with van der Waals surface area (Å²) in [5, 5.41) is 0. The van der Waals surface area contributed by atoms with E-state index in [0.717, 1.165) is 6.54 Å². The fourth-order valence-electron chi connectivity index (χ4n) is 2.09. The zero-order valence-electron chi connectivity index (χ0n) is 11.4. The van der Waals surface area contributed by atoms with Crippen LogP contribution in [0.3, 0.4) is 0 Å². The number of ether oxygens (including phenoxy) is 1. The average Bonchev–Trinajstić information content (AvgIpc) is 2.36. The number of hydrogen-bond donors (Lipinski definition) is 1. The predicted molar refractivity (Wildman–Crippen MR) is 71.9 cm³/mol. The normalized spacial score (nSPS) is 14.8. The molecule has 4 heteroatoms. The minimum Gasteiger partial charge on any atom is -0.383 e. The number of benzene rings is 1. The minimum atomic E-state index is -0.314. The number of rotatable bonds is 7. The summed E-state index contributed by atoms with van der Waals surface area (Å²) in [4.78, 5) is 2.20. The summed E-state index contributed by atoms with van der Waals surface area (Å²) in [6.07, 6.45) is 0. The van der Waals surface area contributed by atoms with E-state index >= 15 is 0 Å². The molecule has 102 valence electrons. The topological polar surface area (TPSA) is 38.5 Å². The van der Waals surface area contributed by atoms with Crippen molar-refractivity contribution in [2.24, 2.45) is 5.73 Å². The largest absolute Gasteiger partial charge is 0.383 e. The molecular weight excluding hydrogens is 231 g/mol. The second-order valence-electron chi connectivity index (χ2n) is 4.52. The Labute approximate surface area is 109 Å². The van der Waals surface area contributed by atoms with Gasteiger partial charge in [-0.25, -0.2) is 4.39 Å². The number of methoxy groups -OCH3 is 1. The highest BCUT2D eigenvalue weighted by Crippen LogP contribution is 2.16. The first-order valence-electron chi connectivity index (χ1n) is 6.33. The van der Waals surface area contributed by atoms with Crippen LogP contribution in [0.25, 0.3) is 0 Å². The van der Waals surface area contributed by atoms with Crippen molar-refractivity contribution in [2.75, 3.05) is 26.8 Å². The molecule has 1 rings (SSSR count). The van der Waals surface area contributed by atoms with Crippen molar-refractivity contribution >= 4 is 0 Å². The Kier molecular flexibility index (Phi) is 6.25. The van der Waals surface area contributed by atoms with Gasteiger partial charge in [-0.3, -0.25) is 4.90 Å². The summed E-state index contributed by atoms with van der Waals surface area (Å²) in [6, 6.07) is 6.64. The Balaban J connectivity index is 2.67. The molecule has 1 aromatic rings. The second-order valence-corrected chi connectivity index (χ2v) is 4.52. The van der Waals surface area contributed by atoms with Crippen molar-refractivity contribution in [1.29, 1.82) is 0 Å². The minimum absolute atomic E-state index is 0.236. The van der Waals surface area contributed by atoms with Crippen molar-refractivity contribution in [1.82, 2.24) is 4.90 Å². The van der Waals surface area contributed by atoms with Crippen molar-refractivity contribution in [3.05, 3.63) is 35.6 Å². The summed E-state index contributed by atoms with van der Waals surface area (Å²) in [5.41, 5.74) is 6.65. The van der Waals surface area contributed by atoms with Crippen molar-refractivity contribution in [3.63, 3.8) is 0 Å². The fourth-order valence-corrected chi connectivity index (χ4v) is 2.09. The molecule has 0 amide bonds. The first-order valence-corrected chi connectivity index (χ1v) is 6.33. The molecule has 0 saturated heterocycles. The smallest absolute Gasteiger partial charge is 0.128 e. The number of halogens is 1. The summed E-state index contributed by atoms with van der Waals surface area (Å²) < 4.78 is 18.8. The van der Waals surface area contributed by atoms with Crippen LogP contribution in [0.1, 0.15) is 25.5 Å². The zero-order valence-corrected chi connectivity index (χ0v) is 11.4. The van der Waals surface area contributed by atoms with Crippen LogP contribution in [0, 0.1) is 5.82 Å². The number of hydrogen-bond acceptors (Lipinski definition) is 3. The Morgan fingerprint density at radius 3 is 2.61 bits per heavy atom. The maximum atomic E-state index is 13.6. The van der Waals surface area contributed by atoms with E-state index < -0.39 is 0 Å².